The molecule has 33 heavy (non-hydrogen) atoms. The van der Waals surface area contributed by atoms with E-state index in [4.69, 9.17) is 37.5 Å². The van der Waals surface area contributed by atoms with Gasteiger partial charge in [-0.1, -0.05) is 40.5 Å². The lowest BCUT2D eigenvalue weighted by atomic mass is 9.84. The Bertz CT molecular complexity index is 1150. The minimum atomic E-state index is -0.644. The second-order valence-corrected chi connectivity index (χ2v) is 10.4. The zero-order valence-corrected chi connectivity index (χ0v) is 20.0. The molecule has 0 aromatic heterocycles. The number of nitrogens with zero attached hydrogens (tertiary/aromatic N) is 2. The fourth-order valence-corrected chi connectivity index (χ4v) is 4.91. The summed E-state index contributed by atoms with van der Waals surface area (Å²) in [5.41, 5.74) is 3.52. The number of carbonyl (C=O) groups is 1. The van der Waals surface area contributed by atoms with E-state index in [-0.39, 0.29) is 22.2 Å². The van der Waals surface area contributed by atoms with Crippen molar-refractivity contribution in [3.05, 3.63) is 68.4 Å². The van der Waals surface area contributed by atoms with Crippen LogP contribution in [0, 0.1) is 5.82 Å². The fourth-order valence-electron chi connectivity index (χ4n) is 4.41. The Morgan fingerprint density at radius 1 is 1.21 bits per heavy atom. The lowest BCUT2D eigenvalue weighted by Gasteiger charge is -2.47. The number of rotatable bonds is 2. The average molecular weight is 493 g/mol. The van der Waals surface area contributed by atoms with E-state index in [1.54, 1.807) is 4.90 Å². The second-order valence-electron chi connectivity index (χ2n) is 9.63. The second kappa shape index (κ2) is 7.86. The quantitative estimate of drug-likeness (QED) is 0.484. The molecule has 0 saturated carbocycles. The highest BCUT2D eigenvalue weighted by atomic mass is 35.5. The summed E-state index contributed by atoms with van der Waals surface area (Å²) in [6.45, 7) is 6.94. The van der Waals surface area contributed by atoms with Crippen LogP contribution in [0.25, 0.3) is 0 Å². The molecule has 1 unspecified atom stereocenters. The van der Waals surface area contributed by atoms with Crippen molar-refractivity contribution in [3.8, 4) is 0 Å². The molecule has 1 fully saturated rings. The van der Waals surface area contributed by atoms with Crippen LogP contribution in [0.5, 0.6) is 0 Å². The fraction of sp³-hybridized carbons (Fsp3) is 0.417. The Morgan fingerprint density at radius 3 is 2.58 bits per heavy atom. The highest BCUT2D eigenvalue weighted by molar-refractivity contribution is 6.35. The third kappa shape index (κ3) is 4.07. The number of fused-ring (bicyclic) bond motifs is 2. The van der Waals surface area contributed by atoms with Crippen molar-refractivity contribution in [3.63, 3.8) is 0 Å². The molecule has 3 heterocycles. The van der Waals surface area contributed by atoms with E-state index in [9.17, 15) is 9.18 Å². The number of hydrogen-bond donors (Lipinski definition) is 0. The summed E-state index contributed by atoms with van der Waals surface area (Å²) < 4.78 is 25.3. The summed E-state index contributed by atoms with van der Waals surface area (Å²) >= 11 is 11.8. The Hall–Kier alpha value is -2.35. The van der Waals surface area contributed by atoms with Crippen LogP contribution >= 0.6 is 23.2 Å². The molecule has 1 atom stereocenters. The van der Waals surface area contributed by atoms with Crippen molar-refractivity contribution in [1.29, 1.82) is 0 Å². The number of hydrogen-bond acceptors (Lipinski definition) is 5. The molecule has 0 aliphatic carbocycles. The van der Waals surface area contributed by atoms with Gasteiger partial charge >= 0.3 is 6.09 Å². The molecule has 5 rings (SSSR count). The maximum absolute atomic E-state index is 13.7. The van der Waals surface area contributed by atoms with Crippen molar-refractivity contribution >= 4 is 35.0 Å². The topological polar surface area (TPSA) is 60.4 Å². The third-order valence-electron chi connectivity index (χ3n) is 6.02. The van der Waals surface area contributed by atoms with Crippen LogP contribution in [-0.2, 0) is 26.5 Å². The van der Waals surface area contributed by atoms with Gasteiger partial charge in [0.15, 0.2) is 11.9 Å². The maximum Gasteiger partial charge on any atom is 0.410 e. The Morgan fingerprint density at radius 2 is 1.91 bits per heavy atom. The third-order valence-corrected chi connectivity index (χ3v) is 6.57. The van der Waals surface area contributed by atoms with Crippen LogP contribution in [0.15, 0.2) is 35.5 Å². The zero-order valence-electron chi connectivity index (χ0n) is 18.5. The highest BCUT2D eigenvalue weighted by Gasteiger charge is 2.52. The molecule has 1 spiro atoms. The Labute approximate surface area is 201 Å². The molecule has 9 heteroatoms. The van der Waals surface area contributed by atoms with Gasteiger partial charge < -0.3 is 19.2 Å². The summed E-state index contributed by atoms with van der Waals surface area (Å²) in [7, 11) is 0. The van der Waals surface area contributed by atoms with Crippen molar-refractivity contribution in [2.24, 2.45) is 5.16 Å². The van der Waals surface area contributed by atoms with Crippen LogP contribution in [-0.4, -0.2) is 35.4 Å². The number of carbonyl (C=O) groups excluding carboxylic acids is 1. The van der Waals surface area contributed by atoms with Crippen LogP contribution < -0.4 is 0 Å². The molecule has 2 aromatic rings. The monoisotopic (exact) mass is 492 g/mol. The summed E-state index contributed by atoms with van der Waals surface area (Å²) in [6.07, 6.45) is -0.207. The SMILES string of the molecule is CC(C)(C)OC(=O)N1CC2(C1)OCc1cc(C3=NOC(c4cc(Cl)c(F)c(Cl)c4)C3)ccc12. The van der Waals surface area contributed by atoms with Crippen LogP contribution in [0.2, 0.25) is 10.0 Å². The number of halogens is 3. The minimum Gasteiger partial charge on any atom is -0.444 e. The predicted octanol–water partition coefficient (Wildman–Crippen LogP) is 5.97. The van der Waals surface area contributed by atoms with Gasteiger partial charge in [-0.3, -0.25) is 0 Å². The Balaban J connectivity index is 1.28. The molecule has 3 aliphatic heterocycles. The van der Waals surface area contributed by atoms with Gasteiger partial charge in [0.25, 0.3) is 0 Å². The van der Waals surface area contributed by atoms with Crippen LogP contribution in [0.4, 0.5) is 9.18 Å². The number of benzene rings is 2. The standard InChI is InChI=1S/C24H23Cl2FN2O4/c1-23(2,3)32-22(30)29-11-24(12-29)16-5-4-13(6-15(16)10-31-24)19-9-20(33-28-19)14-7-17(25)21(27)18(26)8-14/h4-8,20H,9-12H2,1-3H3. The predicted molar refractivity (Wildman–Crippen MR) is 122 cm³/mol. The lowest BCUT2D eigenvalue weighted by Crippen LogP contribution is -2.61. The Kier molecular flexibility index (Phi) is 5.34. The summed E-state index contributed by atoms with van der Waals surface area (Å²) in [4.78, 5) is 19.6. The number of ether oxygens (including phenoxy) is 2. The number of oxime groups is 1. The lowest BCUT2D eigenvalue weighted by molar-refractivity contribution is -0.137. The molecule has 174 valence electrons. The first-order valence-corrected chi connectivity index (χ1v) is 11.4. The van der Waals surface area contributed by atoms with Crippen LogP contribution in [0.3, 0.4) is 0 Å². The molecule has 2 aromatic carbocycles. The average Bonchev–Trinajstić information content (AvgIpc) is 3.34. The van der Waals surface area contributed by atoms with Crippen molar-refractivity contribution in [2.75, 3.05) is 13.1 Å². The van der Waals surface area contributed by atoms with Gasteiger partial charge in [-0.25, -0.2) is 9.18 Å². The number of amides is 1. The summed E-state index contributed by atoms with van der Waals surface area (Å²) in [5.74, 6) is -0.644. The van der Waals surface area contributed by atoms with Gasteiger partial charge in [0, 0.05) is 6.42 Å². The van der Waals surface area contributed by atoms with Gasteiger partial charge in [0.05, 0.1) is 35.5 Å². The first-order valence-electron chi connectivity index (χ1n) is 10.7. The van der Waals surface area contributed by atoms with Gasteiger partial charge in [0.1, 0.15) is 11.2 Å². The zero-order chi connectivity index (χ0) is 23.5. The maximum atomic E-state index is 13.7. The van der Waals surface area contributed by atoms with E-state index in [0.717, 1.165) is 22.4 Å². The molecule has 6 nitrogen and oxygen atoms in total. The highest BCUT2D eigenvalue weighted by Crippen LogP contribution is 2.44. The smallest absolute Gasteiger partial charge is 0.410 e. The first kappa shape index (κ1) is 22.4. The minimum absolute atomic E-state index is 0.0459. The van der Waals surface area contributed by atoms with Gasteiger partial charge in [0.2, 0.25) is 0 Å². The molecule has 1 saturated heterocycles. The first-order chi connectivity index (χ1) is 15.5. The van der Waals surface area contributed by atoms with Crippen molar-refractivity contribution in [1.82, 2.24) is 4.90 Å². The van der Waals surface area contributed by atoms with E-state index in [0.29, 0.717) is 31.7 Å². The normalized spacial score (nSPS) is 20.8. The van der Waals surface area contributed by atoms with Gasteiger partial charge in [-0.2, -0.15) is 0 Å². The molecule has 0 N–H and O–H groups in total. The van der Waals surface area contributed by atoms with E-state index in [2.05, 4.69) is 11.2 Å². The van der Waals surface area contributed by atoms with Gasteiger partial charge in [-0.15, -0.1) is 0 Å². The molecule has 3 aliphatic rings. The van der Waals surface area contributed by atoms with E-state index >= 15 is 0 Å². The van der Waals surface area contributed by atoms with Crippen molar-refractivity contribution < 1.29 is 23.5 Å². The van der Waals surface area contributed by atoms with E-state index in [1.165, 1.54) is 12.1 Å². The van der Waals surface area contributed by atoms with E-state index < -0.39 is 17.0 Å². The molecule has 0 radical (unpaired) electrons. The molecule has 0 bridgehead atoms. The molecular formula is C24H23Cl2FN2O4. The van der Waals surface area contributed by atoms with Crippen LogP contribution in [0.1, 0.15) is 55.5 Å². The van der Waals surface area contributed by atoms with Crippen molar-refractivity contribution in [2.45, 2.75) is 51.1 Å². The largest absolute Gasteiger partial charge is 0.444 e. The summed E-state index contributed by atoms with van der Waals surface area (Å²) in [5, 5.41) is 4.15. The molecule has 1 amide bonds. The molecular weight excluding hydrogens is 470 g/mol. The van der Waals surface area contributed by atoms with E-state index in [1.807, 2.05) is 32.9 Å². The summed E-state index contributed by atoms with van der Waals surface area (Å²) in [6, 6.07) is 9.10. The van der Waals surface area contributed by atoms with Gasteiger partial charge in [-0.05, 0) is 61.2 Å². The number of likely N-dealkylation sites (tertiary alicyclic amines) is 1.